The standard InChI is InChI=1S/C14H16NO3P.ClH/c16-19(17,18)14(13-9-5-2-6-10-13)15-11-12-7-3-1-4-8-12;/h1-10,14-15H,11H2,(H2,16,17,18);1H/t14-;/m1./s1. The van der Waals surface area contributed by atoms with E-state index in [-0.39, 0.29) is 12.4 Å². The lowest BCUT2D eigenvalue weighted by molar-refractivity contribution is 0.347. The fourth-order valence-electron chi connectivity index (χ4n) is 1.88. The summed E-state index contributed by atoms with van der Waals surface area (Å²) in [6, 6.07) is 18.3. The second-order valence-electron chi connectivity index (χ2n) is 4.27. The van der Waals surface area contributed by atoms with Crippen molar-refractivity contribution in [3.8, 4) is 0 Å². The highest BCUT2D eigenvalue weighted by Crippen LogP contribution is 2.49. The summed E-state index contributed by atoms with van der Waals surface area (Å²) in [5, 5.41) is 2.93. The van der Waals surface area contributed by atoms with Crippen LogP contribution in [0.4, 0.5) is 0 Å². The molecule has 0 radical (unpaired) electrons. The van der Waals surface area contributed by atoms with Gasteiger partial charge in [-0.2, -0.15) is 0 Å². The van der Waals surface area contributed by atoms with Crippen LogP contribution >= 0.6 is 20.0 Å². The van der Waals surface area contributed by atoms with Crippen LogP contribution in [-0.2, 0) is 11.1 Å². The van der Waals surface area contributed by atoms with Crippen molar-refractivity contribution in [1.82, 2.24) is 5.32 Å². The van der Waals surface area contributed by atoms with Gasteiger partial charge in [0.2, 0.25) is 0 Å². The second-order valence-corrected chi connectivity index (χ2v) is 5.96. The van der Waals surface area contributed by atoms with Gasteiger partial charge in [0.25, 0.3) is 0 Å². The van der Waals surface area contributed by atoms with E-state index in [1.54, 1.807) is 24.3 Å². The SMILES string of the molecule is Cl.O=P(O)(O)[C@@H](NCc1ccccc1)c1ccccc1. The third kappa shape index (κ3) is 4.75. The Labute approximate surface area is 124 Å². The monoisotopic (exact) mass is 313 g/mol. The topological polar surface area (TPSA) is 69.6 Å². The molecule has 0 aliphatic rings. The average Bonchev–Trinajstić information content (AvgIpc) is 2.40. The molecule has 0 fully saturated rings. The first-order chi connectivity index (χ1) is 9.07. The van der Waals surface area contributed by atoms with Crippen molar-refractivity contribution in [3.63, 3.8) is 0 Å². The average molecular weight is 314 g/mol. The Kier molecular flexibility index (Phi) is 6.40. The van der Waals surface area contributed by atoms with E-state index >= 15 is 0 Å². The van der Waals surface area contributed by atoms with Crippen LogP contribution in [0.25, 0.3) is 0 Å². The molecule has 0 saturated carbocycles. The summed E-state index contributed by atoms with van der Waals surface area (Å²) in [4.78, 5) is 18.9. The Hall–Kier alpha value is -1.16. The summed E-state index contributed by atoms with van der Waals surface area (Å²) in [6.07, 6.45) is 0. The van der Waals surface area contributed by atoms with Gasteiger partial charge in [-0.15, -0.1) is 12.4 Å². The molecule has 2 rings (SSSR count). The fourth-order valence-corrected chi connectivity index (χ4v) is 2.77. The predicted octanol–water partition coefficient (Wildman–Crippen LogP) is 3.07. The summed E-state index contributed by atoms with van der Waals surface area (Å²) in [7, 11) is -4.25. The highest BCUT2D eigenvalue weighted by molar-refractivity contribution is 7.52. The fraction of sp³-hybridized carbons (Fsp3) is 0.143. The van der Waals surface area contributed by atoms with Gasteiger partial charge in [0.1, 0.15) is 5.78 Å². The molecule has 108 valence electrons. The molecule has 0 unspecified atom stereocenters. The number of hydrogen-bond acceptors (Lipinski definition) is 2. The van der Waals surface area contributed by atoms with Crippen molar-refractivity contribution in [2.75, 3.05) is 0 Å². The van der Waals surface area contributed by atoms with Crippen LogP contribution < -0.4 is 5.32 Å². The van der Waals surface area contributed by atoms with E-state index in [4.69, 9.17) is 0 Å². The minimum absolute atomic E-state index is 0. The van der Waals surface area contributed by atoms with Crippen LogP contribution in [0.2, 0.25) is 0 Å². The van der Waals surface area contributed by atoms with Crippen LogP contribution in [0.3, 0.4) is 0 Å². The molecule has 20 heavy (non-hydrogen) atoms. The summed E-state index contributed by atoms with van der Waals surface area (Å²) < 4.78 is 11.6. The van der Waals surface area contributed by atoms with Gasteiger partial charge in [0.05, 0.1) is 0 Å². The minimum atomic E-state index is -4.25. The molecular formula is C14H17ClNO3P. The van der Waals surface area contributed by atoms with Gasteiger partial charge < -0.3 is 9.79 Å². The lowest BCUT2D eigenvalue weighted by Gasteiger charge is -2.20. The van der Waals surface area contributed by atoms with Crippen molar-refractivity contribution < 1.29 is 14.4 Å². The highest BCUT2D eigenvalue weighted by Gasteiger charge is 2.29. The Balaban J connectivity index is 0.00000200. The van der Waals surface area contributed by atoms with Gasteiger partial charge in [-0.05, 0) is 11.1 Å². The van der Waals surface area contributed by atoms with Crippen LogP contribution in [-0.4, -0.2) is 9.79 Å². The molecule has 0 aliphatic carbocycles. The number of rotatable bonds is 5. The molecule has 2 aromatic carbocycles. The largest absolute Gasteiger partial charge is 0.346 e. The van der Waals surface area contributed by atoms with Crippen molar-refractivity contribution in [2.24, 2.45) is 0 Å². The normalized spacial score (nSPS) is 12.5. The summed E-state index contributed by atoms with van der Waals surface area (Å²) in [5.74, 6) is -0.978. The van der Waals surface area contributed by atoms with Gasteiger partial charge in [-0.25, -0.2) is 0 Å². The van der Waals surface area contributed by atoms with Crippen LogP contribution in [0.15, 0.2) is 60.7 Å². The predicted molar refractivity (Wildman–Crippen MR) is 81.8 cm³/mol. The molecule has 0 aromatic heterocycles. The van der Waals surface area contributed by atoms with Gasteiger partial charge >= 0.3 is 7.60 Å². The first-order valence-corrected chi connectivity index (χ1v) is 7.63. The molecule has 2 aromatic rings. The molecule has 4 nitrogen and oxygen atoms in total. The Morgan fingerprint density at radius 2 is 1.45 bits per heavy atom. The summed E-state index contributed by atoms with van der Waals surface area (Å²) >= 11 is 0. The molecule has 0 spiro atoms. The minimum Gasteiger partial charge on any atom is -0.323 e. The lowest BCUT2D eigenvalue weighted by Crippen LogP contribution is -2.21. The second kappa shape index (κ2) is 7.58. The highest BCUT2D eigenvalue weighted by atomic mass is 35.5. The Morgan fingerprint density at radius 1 is 0.950 bits per heavy atom. The van der Waals surface area contributed by atoms with Crippen molar-refractivity contribution in [1.29, 1.82) is 0 Å². The molecule has 1 atom stereocenters. The maximum absolute atomic E-state index is 11.6. The van der Waals surface area contributed by atoms with E-state index in [0.717, 1.165) is 5.56 Å². The van der Waals surface area contributed by atoms with Crippen molar-refractivity contribution in [2.45, 2.75) is 12.3 Å². The Bertz CT molecular complexity index is 559. The van der Waals surface area contributed by atoms with Crippen molar-refractivity contribution in [3.05, 3.63) is 71.8 Å². The van der Waals surface area contributed by atoms with Gasteiger partial charge in [0.15, 0.2) is 0 Å². The summed E-state index contributed by atoms with van der Waals surface area (Å²) in [6.45, 7) is 0.408. The van der Waals surface area contributed by atoms with E-state index in [1.807, 2.05) is 36.4 Å². The molecule has 0 bridgehead atoms. The zero-order chi connectivity index (χ0) is 13.7. The molecule has 6 heteroatoms. The molecule has 0 heterocycles. The van der Waals surface area contributed by atoms with Gasteiger partial charge in [-0.1, -0.05) is 60.7 Å². The number of hydrogen-bond donors (Lipinski definition) is 3. The number of halogens is 1. The maximum Gasteiger partial charge on any atom is 0.346 e. The molecule has 0 saturated heterocycles. The zero-order valence-corrected chi connectivity index (χ0v) is 12.4. The molecule has 3 N–H and O–H groups in total. The van der Waals surface area contributed by atoms with E-state index in [0.29, 0.717) is 12.1 Å². The van der Waals surface area contributed by atoms with Crippen LogP contribution in [0.5, 0.6) is 0 Å². The third-order valence-electron chi connectivity index (χ3n) is 2.79. The third-order valence-corrected chi connectivity index (χ3v) is 3.95. The smallest absolute Gasteiger partial charge is 0.323 e. The van der Waals surface area contributed by atoms with Crippen LogP contribution in [0.1, 0.15) is 16.9 Å². The Morgan fingerprint density at radius 3 is 1.95 bits per heavy atom. The molecule has 0 aliphatic heterocycles. The molecule has 0 amide bonds. The first-order valence-electron chi connectivity index (χ1n) is 5.95. The van der Waals surface area contributed by atoms with Crippen molar-refractivity contribution >= 4 is 20.0 Å². The van der Waals surface area contributed by atoms with Gasteiger partial charge in [0, 0.05) is 6.54 Å². The molecular weight excluding hydrogens is 297 g/mol. The van der Waals surface area contributed by atoms with Crippen LogP contribution in [0, 0.1) is 0 Å². The number of nitrogens with one attached hydrogen (secondary N) is 1. The van der Waals surface area contributed by atoms with Gasteiger partial charge in [-0.3, -0.25) is 9.88 Å². The van der Waals surface area contributed by atoms with E-state index in [9.17, 15) is 14.4 Å². The maximum atomic E-state index is 11.6. The van der Waals surface area contributed by atoms with E-state index in [1.165, 1.54) is 0 Å². The summed E-state index contributed by atoms with van der Waals surface area (Å²) in [5.41, 5.74) is 1.57. The lowest BCUT2D eigenvalue weighted by atomic mass is 10.2. The van der Waals surface area contributed by atoms with E-state index < -0.39 is 13.4 Å². The quantitative estimate of drug-likeness (QED) is 0.742. The van der Waals surface area contributed by atoms with E-state index in [2.05, 4.69) is 5.32 Å². The zero-order valence-electron chi connectivity index (χ0n) is 10.7. The number of benzene rings is 2. The first kappa shape index (κ1) is 16.9.